The predicted molar refractivity (Wildman–Crippen MR) is 76.1 cm³/mol. The summed E-state index contributed by atoms with van der Waals surface area (Å²) in [6, 6.07) is 9.86. The average molecular weight is 285 g/mol. The van der Waals surface area contributed by atoms with Gasteiger partial charge in [-0.15, -0.1) is 0 Å². The molecule has 0 saturated heterocycles. The van der Waals surface area contributed by atoms with E-state index in [-0.39, 0.29) is 11.8 Å². The van der Waals surface area contributed by atoms with Gasteiger partial charge in [0, 0.05) is 17.9 Å². The summed E-state index contributed by atoms with van der Waals surface area (Å²) in [5, 5.41) is 9.36. The van der Waals surface area contributed by atoms with Crippen LogP contribution in [0.15, 0.2) is 30.3 Å². The fraction of sp³-hybridized carbons (Fsp3) is 0.267. The van der Waals surface area contributed by atoms with Crippen LogP contribution in [0.5, 0.6) is 0 Å². The molecule has 6 heteroatoms. The van der Waals surface area contributed by atoms with Crippen LogP contribution in [-0.4, -0.2) is 29.2 Å². The maximum atomic E-state index is 11.8. The first kappa shape index (κ1) is 13.4. The number of benzene rings is 1. The summed E-state index contributed by atoms with van der Waals surface area (Å²) in [5.41, 5.74) is 2.15. The number of anilines is 1. The van der Waals surface area contributed by atoms with Crippen LogP contribution in [0.4, 0.5) is 5.82 Å². The summed E-state index contributed by atoms with van der Waals surface area (Å²) in [4.78, 5) is 23.6. The van der Waals surface area contributed by atoms with E-state index in [9.17, 15) is 9.59 Å². The molecule has 1 aromatic carbocycles. The fourth-order valence-electron chi connectivity index (χ4n) is 2.68. The highest BCUT2D eigenvalue weighted by Crippen LogP contribution is 2.35. The Morgan fingerprint density at radius 2 is 2.14 bits per heavy atom. The minimum atomic E-state index is -0.474. The van der Waals surface area contributed by atoms with Crippen LogP contribution >= 0.6 is 0 Å². The molecule has 0 bridgehead atoms. The molecule has 0 fully saturated rings. The molecule has 3 rings (SSSR count). The second-order valence-corrected chi connectivity index (χ2v) is 4.99. The summed E-state index contributed by atoms with van der Waals surface area (Å²) in [5.74, 6) is -0.235. The number of carbonyl (C=O) groups excluding carboxylic acids is 2. The molecular weight excluding hydrogens is 270 g/mol. The van der Waals surface area contributed by atoms with Gasteiger partial charge < -0.3 is 10.1 Å². The van der Waals surface area contributed by atoms with Gasteiger partial charge in [0.25, 0.3) is 0 Å². The number of hydrogen-bond donors (Lipinski definition) is 2. The zero-order valence-electron chi connectivity index (χ0n) is 11.6. The minimum Gasteiger partial charge on any atom is -0.464 e. The summed E-state index contributed by atoms with van der Waals surface area (Å²) in [7, 11) is 1.32. The molecule has 1 aliphatic heterocycles. The van der Waals surface area contributed by atoms with E-state index < -0.39 is 5.97 Å². The van der Waals surface area contributed by atoms with E-state index in [1.165, 1.54) is 7.11 Å². The van der Waals surface area contributed by atoms with Gasteiger partial charge in [0.1, 0.15) is 5.69 Å². The fourth-order valence-corrected chi connectivity index (χ4v) is 2.68. The standard InChI is InChI=1S/C15H15N3O3/c1-21-15(20)13-12-10(7-9-5-3-2-4-6-9)8-11(19)16-14(12)18-17-13/h2-6,10H,7-8H2,1H3,(H2,16,17,18,19)/t10-/m1/s1. The Hall–Kier alpha value is -2.63. The van der Waals surface area contributed by atoms with Crippen molar-refractivity contribution in [2.45, 2.75) is 18.8 Å². The zero-order chi connectivity index (χ0) is 14.8. The molecule has 0 aliphatic carbocycles. The second-order valence-electron chi connectivity index (χ2n) is 4.99. The molecule has 0 spiro atoms. The van der Waals surface area contributed by atoms with E-state index in [2.05, 4.69) is 15.5 Å². The van der Waals surface area contributed by atoms with E-state index in [1.54, 1.807) is 0 Å². The highest BCUT2D eigenvalue weighted by atomic mass is 16.5. The first-order chi connectivity index (χ1) is 10.2. The number of fused-ring (bicyclic) bond motifs is 1. The molecule has 0 radical (unpaired) electrons. The maximum absolute atomic E-state index is 11.8. The highest BCUT2D eigenvalue weighted by Gasteiger charge is 2.33. The molecule has 1 aromatic heterocycles. The van der Waals surface area contributed by atoms with Gasteiger partial charge in [0.15, 0.2) is 5.82 Å². The Morgan fingerprint density at radius 1 is 1.38 bits per heavy atom. The van der Waals surface area contributed by atoms with Gasteiger partial charge >= 0.3 is 5.97 Å². The van der Waals surface area contributed by atoms with Crippen molar-refractivity contribution in [2.75, 3.05) is 12.4 Å². The number of methoxy groups -OCH3 is 1. The Bertz CT molecular complexity index is 679. The quantitative estimate of drug-likeness (QED) is 0.843. The lowest BCUT2D eigenvalue weighted by Gasteiger charge is -2.22. The SMILES string of the molecule is COC(=O)c1[nH]nc2c1[C@H](Cc1ccccc1)CC(=O)N2. The third kappa shape index (κ3) is 2.52. The van der Waals surface area contributed by atoms with Crippen LogP contribution in [0.25, 0.3) is 0 Å². The minimum absolute atomic E-state index is 0.0913. The number of nitrogens with zero attached hydrogens (tertiary/aromatic N) is 1. The number of nitrogens with one attached hydrogen (secondary N) is 2. The molecule has 2 heterocycles. The first-order valence-corrected chi connectivity index (χ1v) is 6.69. The second kappa shape index (κ2) is 5.40. The van der Waals surface area contributed by atoms with Crippen LogP contribution in [0, 0.1) is 0 Å². The largest absolute Gasteiger partial charge is 0.464 e. The first-order valence-electron chi connectivity index (χ1n) is 6.69. The Morgan fingerprint density at radius 3 is 2.86 bits per heavy atom. The van der Waals surface area contributed by atoms with Crippen LogP contribution in [0.3, 0.4) is 0 Å². The monoisotopic (exact) mass is 285 g/mol. The number of aromatic amines is 1. The molecule has 2 N–H and O–H groups in total. The number of carbonyl (C=O) groups is 2. The van der Waals surface area contributed by atoms with E-state index in [1.807, 2.05) is 30.3 Å². The lowest BCUT2D eigenvalue weighted by molar-refractivity contribution is -0.116. The summed E-state index contributed by atoms with van der Waals surface area (Å²) < 4.78 is 4.76. The van der Waals surface area contributed by atoms with Gasteiger partial charge in [-0.05, 0) is 12.0 Å². The summed E-state index contributed by atoms with van der Waals surface area (Å²) in [6.45, 7) is 0. The van der Waals surface area contributed by atoms with Gasteiger partial charge in [-0.2, -0.15) is 5.10 Å². The molecular formula is C15H15N3O3. The topological polar surface area (TPSA) is 84.1 Å². The Balaban J connectivity index is 1.97. The van der Waals surface area contributed by atoms with Gasteiger partial charge in [-0.1, -0.05) is 30.3 Å². The Labute approximate surface area is 121 Å². The highest BCUT2D eigenvalue weighted by molar-refractivity contribution is 5.98. The van der Waals surface area contributed by atoms with Crippen LogP contribution in [-0.2, 0) is 16.0 Å². The van der Waals surface area contributed by atoms with Crippen molar-refractivity contribution in [3.05, 3.63) is 47.2 Å². The lowest BCUT2D eigenvalue weighted by atomic mass is 9.86. The summed E-state index contributed by atoms with van der Waals surface area (Å²) >= 11 is 0. The molecule has 6 nitrogen and oxygen atoms in total. The normalized spacial score (nSPS) is 17.0. The van der Waals surface area contributed by atoms with Crippen LogP contribution in [0.1, 0.15) is 34.0 Å². The molecule has 21 heavy (non-hydrogen) atoms. The van der Waals surface area contributed by atoms with Crippen molar-refractivity contribution < 1.29 is 14.3 Å². The van der Waals surface area contributed by atoms with E-state index in [4.69, 9.17) is 4.74 Å². The molecule has 0 unspecified atom stereocenters. The molecule has 2 aromatic rings. The van der Waals surface area contributed by atoms with Gasteiger partial charge in [-0.25, -0.2) is 4.79 Å². The van der Waals surface area contributed by atoms with Crippen molar-refractivity contribution in [2.24, 2.45) is 0 Å². The van der Waals surface area contributed by atoms with Gasteiger partial charge in [-0.3, -0.25) is 9.89 Å². The number of amides is 1. The van der Waals surface area contributed by atoms with Crippen molar-refractivity contribution >= 4 is 17.7 Å². The smallest absolute Gasteiger partial charge is 0.356 e. The molecule has 108 valence electrons. The third-order valence-electron chi connectivity index (χ3n) is 3.62. The van der Waals surface area contributed by atoms with Crippen molar-refractivity contribution in [1.29, 1.82) is 0 Å². The predicted octanol–water partition coefficient (Wildman–Crippen LogP) is 1.86. The lowest BCUT2D eigenvalue weighted by Crippen LogP contribution is -2.25. The van der Waals surface area contributed by atoms with Crippen LogP contribution < -0.4 is 5.32 Å². The average Bonchev–Trinajstić information content (AvgIpc) is 2.91. The van der Waals surface area contributed by atoms with Gasteiger partial charge in [0.2, 0.25) is 5.91 Å². The van der Waals surface area contributed by atoms with Crippen LogP contribution in [0.2, 0.25) is 0 Å². The van der Waals surface area contributed by atoms with Crippen molar-refractivity contribution in [1.82, 2.24) is 10.2 Å². The number of aromatic nitrogens is 2. The number of H-pyrrole nitrogens is 1. The van der Waals surface area contributed by atoms with Crippen molar-refractivity contribution in [3.63, 3.8) is 0 Å². The number of esters is 1. The van der Waals surface area contributed by atoms with E-state index in [0.717, 1.165) is 11.1 Å². The van der Waals surface area contributed by atoms with E-state index in [0.29, 0.717) is 24.4 Å². The maximum Gasteiger partial charge on any atom is 0.356 e. The molecule has 1 atom stereocenters. The van der Waals surface area contributed by atoms with Crippen molar-refractivity contribution in [3.8, 4) is 0 Å². The number of hydrogen-bond acceptors (Lipinski definition) is 4. The number of rotatable bonds is 3. The Kier molecular flexibility index (Phi) is 3.43. The zero-order valence-corrected chi connectivity index (χ0v) is 11.6. The summed E-state index contributed by atoms with van der Waals surface area (Å²) in [6.07, 6.45) is 0.996. The molecule has 1 aliphatic rings. The molecule has 0 saturated carbocycles. The van der Waals surface area contributed by atoms with E-state index >= 15 is 0 Å². The molecule has 1 amide bonds. The van der Waals surface area contributed by atoms with Gasteiger partial charge in [0.05, 0.1) is 7.11 Å². The number of ether oxygens (including phenoxy) is 1. The third-order valence-corrected chi connectivity index (χ3v) is 3.62.